The summed E-state index contributed by atoms with van der Waals surface area (Å²) < 4.78 is 0. The lowest BCUT2D eigenvalue weighted by Crippen LogP contribution is -2.47. The maximum absolute atomic E-state index is 12.4. The number of benzene rings is 1. The predicted molar refractivity (Wildman–Crippen MR) is 73.9 cm³/mol. The van der Waals surface area contributed by atoms with Gasteiger partial charge in [-0.3, -0.25) is 4.79 Å². The Bertz CT molecular complexity index is 447. The molecule has 1 amide bonds. The summed E-state index contributed by atoms with van der Waals surface area (Å²) in [6.45, 7) is 3.26. The first-order valence-corrected chi connectivity index (χ1v) is 6.78. The van der Waals surface area contributed by atoms with Crippen LogP contribution < -0.4 is 5.73 Å². The van der Waals surface area contributed by atoms with Crippen molar-refractivity contribution in [2.75, 3.05) is 13.1 Å². The molecule has 98 valence electrons. The van der Waals surface area contributed by atoms with Gasteiger partial charge in [0.1, 0.15) is 0 Å². The Morgan fingerprint density at radius 2 is 2.28 bits per heavy atom. The van der Waals surface area contributed by atoms with Crippen molar-refractivity contribution < 1.29 is 4.79 Å². The van der Waals surface area contributed by atoms with Crippen LogP contribution in [0.2, 0.25) is 5.02 Å². The van der Waals surface area contributed by atoms with Gasteiger partial charge in [-0.1, -0.05) is 17.7 Å². The third kappa shape index (κ3) is 2.68. The van der Waals surface area contributed by atoms with Gasteiger partial charge >= 0.3 is 0 Å². The number of hydrogen-bond acceptors (Lipinski definition) is 2. The summed E-state index contributed by atoms with van der Waals surface area (Å²) >= 11 is 6.07. The molecule has 0 spiro atoms. The normalized spacial score (nSPS) is 19.9. The van der Waals surface area contributed by atoms with E-state index in [1.807, 2.05) is 24.0 Å². The molecule has 18 heavy (non-hydrogen) atoms. The first-order valence-electron chi connectivity index (χ1n) is 6.40. The van der Waals surface area contributed by atoms with Crippen molar-refractivity contribution in [2.45, 2.75) is 32.2 Å². The van der Waals surface area contributed by atoms with Gasteiger partial charge in [0.25, 0.3) is 5.91 Å². The molecule has 3 nitrogen and oxygen atoms in total. The number of likely N-dealkylation sites (tertiary alicyclic amines) is 1. The number of carbonyl (C=O) groups is 1. The number of carbonyl (C=O) groups excluding carboxylic acids is 1. The molecule has 1 aliphatic rings. The third-order valence-electron chi connectivity index (χ3n) is 3.58. The van der Waals surface area contributed by atoms with E-state index in [9.17, 15) is 4.79 Å². The molecule has 1 aliphatic heterocycles. The molecule has 1 atom stereocenters. The Morgan fingerprint density at radius 3 is 2.94 bits per heavy atom. The highest BCUT2D eigenvalue weighted by Gasteiger charge is 2.26. The van der Waals surface area contributed by atoms with Gasteiger partial charge in [0.15, 0.2) is 0 Å². The zero-order valence-corrected chi connectivity index (χ0v) is 11.4. The van der Waals surface area contributed by atoms with E-state index >= 15 is 0 Å². The van der Waals surface area contributed by atoms with Gasteiger partial charge < -0.3 is 10.6 Å². The second-order valence-electron chi connectivity index (χ2n) is 4.85. The molecule has 0 aromatic heterocycles. The smallest absolute Gasteiger partial charge is 0.254 e. The van der Waals surface area contributed by atoms with Gasteiger partial charge in [0, 0.05) is 29.7 Å². The molecule has 2 N–H and O–H groups in total. The van der Waals surface area contributed by atoms with Crippen LogP contribution >= 0.6 is 11.6 Å². The van der Waals surface area contributed by atoms with E-state index in [1.165, 1.54) is 0 Å². The van der Waals surface area contributed by atoms with Gasteiger partial charge in [-0.2, -0.15) is 0 Å². The largest absolute Gasteiger partial charge is 0.334 e. The molecule has 1 heterocycles. The van der Waals surface area contributed by atoms with Gasteiger partial charge in [-0.25, -0.2) is 0 Å². The number of rotatable bonds is 2. The Morgan fingerprint density at radius 1 is 1.50 bits per heavy atom. The number of aryl methyl sites for hydroxylation is 1. The first kappa shape index (κ1) is 13.4. The molecule has 2 rings (SSSR count). The van der Waals surface area contributed by atoms with Crippen molar-refractivity contribution in [3.8, 4) is 0 Å². The Kier molecular flexibility index (Phi) is 4.25. The summed E-state index contributed by atoms with van der Waals surface area (Å²) in [4.78, 5) is 14.3. The molecule has 1 saturated heterocycles. The van der Waals surface area contributed by atoms with Gasteiger partial charge in [0.05, 0.1) is 0 Å². The van der Waals surface area contributed by atoms with Crippen LogP contribution in [0.5, 0.6) is 0 Å². The Balaban J connectivity index is 2.21. The minimum atomic E-state index is 0.0482. The molecule has 1 unspecified atom stereocenters. The van der Waals surface area contributed by atoms with E-state index < -0.39 is 0 Å². The number of hydrogen-bond donors (Lipinski definition) is 1. The van der Waals surface area contributed by atoms with E-state index in [1.54, 1.807) is 6.07 Å². The zero-order chi connectivity index (χ0) is 13.1. The highest BCUT2D eigenvalue weighted by molar-refractivity contribution is 6.31. The Labute approximate surface area is 113 Å². The highest BCUT2D eigenvalue weighted by atomic mass is 35.5. The standard InChI is InChI=1S/C14H19ClN2O/c1-10-5-6-11(8-13(10)15)14(18)17-7-3-2-4-12(17)9-16/h5-6,8,12H,2-4,7,9,16H2,1H3. The fourth-order valence-electron chi connectivity index (χ4n) is 2.40. The van der Waals surface area contributed by atoms with Crippen LogP contribution in [0, 0.1) is 6.92 Å². The fraction of sp³-hybridized carbons (Fsp3) is 0.500. The van der Waals surface area contributed by atoms with Crippen LogP contribution in [0.25, 0.3) is 0 Å². The van der Waals surface area contributed by atoms with Crippen LogP contribution in [-0.2, 0) is 0 Å². The van der Waals surface area contributed by atoms with Crippen molar-refractivity contribution in [2.24, 2.45) is 5.73 Å². The summed E-state index contributed by atoms with van der Waals surface area (Å²) in [5.74, 6) is 0.0482. The molecule has 1 aromatic rings. The highest BCUT2D eigenvalue weighted by Crippen LogP contribution is 2.22. The van der Waals surface area contributed by atoms with Crippen molar-refractivity contribution in [1.82, 2.24) is 4.90 Å². The number of halogens is 1. The van der Waals surface area contributed by atoms with Gasteiger partial charge in [-0.15, -0.1) is 0 Å². The molecule has 1 aromatic carbocycles. The predicted octanol–water partition coefficient (Wildman–Crippen LogP) is 2.60. The third-order valence-corrected chi connectivity index (χ3v) is 3.99. The van der Waals surface area contributed by atoms with E-state index in [4.69, 9.17) is 17.3 Å². The number of amides is 1. The second-order valence-corrected chi connectivity index (χ2v) is 5.26. The van der Waals surface area contributed by atoms with E-state index in [0.717, 1.165) is 31.4 Å². The molecular formula is C14H19ClN2O. The van der Waals surface area contributed by atoms with E-state index in [0.29, 0.717) is 17.1 Å². The molecule has 4 heteroatoms. The van der Waals surface area contributed by atoms with Gasteiger partial charge in [-0.05, 0) is 43.9 Å². The van der Waals surface area contributed by atoms with Crippen molar-refractivity contribution in [3.63, 3.8) is 0 Å². The number of piperidine rings is 1. The van der Waals surface area contributed by atoms with Crippen LogP contribution in [-0.4, -0.2) is 29.9 Å². The average Bonchev–Trinajstić information content (AvgIpc) is 2.41. The topological polar surface area (TPSA) is 46.3 Å². The lowest BCUT2D eigenvalue weighted by atomic mass is 10.0. The lowest BCUT2D eigenvalue weighted by molar-refractivity contribution is 0.0623. The molecule has 0 aliphatic carbocycles. The quantitative estimate of drug-likeness (QED) is 0.894. The van der Waals surface area contributed by atoms with Crippen LogP contribution in [0.1, 0.15) is 35.2 Å². The minimum absolute atomic E-state index is 0.0482. The zero-order valence-electron chi connectivity index (χ0n) is 10.7. The van der Waals surface area contributed by atoms with Crippen molar-refractivity contribution in [1.29, 1.82) is 0 Å². The fourth-order valence-corrected chi connectivity index (χ4v) is 2.59. The van der Waals surface area contributed by atoms with E-state index in [2.05, 4.69) is 0 Å². The van der Waals surface area contributed by atoms with Gasteiger partial charge in [0.2, 0.25) is 0 Å². The number of nitrogens with two attached hydrogens (primary N) is 1. The van der Waals surface area contributed by atoms with E-state index in [-0.39, 0.29) is 11.9 Å². The second kappa shape index (κ2) is 5.72. The molecule has 1 fully saturated rings. The molecule has 0 saturated carbocycles. The number of nitrogens with zero attached hydrogens (tertiary/aromatic N) is 1. The van der Waals surface area contributed by atoms with Crippen LogP contribution in [0.15, 0.2) is 18.2 Å². The summed E-state index contributed by atoms with van der Waals surface area (Å²) in [7, 11) is 0. The summed E-state index contributed by atoms with van der Waals surface area (Å²) in [5.41, 5.74) is 7.39. The SMILES string of the molecule is Cc1ccc(C(=O)N2CCCCC2CN)cc1Cl. The lowest BCUT2D eigenvalue weighted by Gasteiger charge is -2.35. The van der Waals surface area contributed by atoms with Crippen LogP contribution in [0.4, 0.5) is 0 Å². The maximum Gasteiger partial charge on any atom is 0.254 e. The Hall–Kier alpha value is -1.06. The van der Waals surface area contributed by atoms with Crippen LogP contribution in [0.3, 0.4) is 0 Å². The monoisotopic (exact) mass is 266 g/mol. The minimum Gasteiger partial charge on any atom is -0.334 e. The summed E-state index contributed by atoms with van der Waals surface area (Å²) in [5, 5.41) is 0.641. The molecule has 0 bridgehead atoms. The van der Waals surface area contributed by atoms with Crippen molar-refractivity contribution in [3.05, 3.63) is 34.3 Å². The van der Waals surface area contributed by atoms with Crippen molar-refractivity contribution >= 4 is 17.5 Å². The first-order chi connectivity index (χ1) is 8.63. The summed E-state index contributed by atoms with van der Waals surface area (Å²) in [6, 6.07) is 5.65. The maximum atomic E-state index is 12.4. The molecule has 0 radical (unpaired) electrons. The molecular weight excluding hydrogens is 248 g/mol. The summed E-state index contributed by atoms with van der Waals surface area (Å²) in [6.07, 6.45) is 3.21. The average molecular weight is 267 g/mol.